The van der Waals surface area contributed by atoms with Gasteiger partial charge in [-0.1, -0.05) is 12.1 Å². The first-order chi connectivity index (χ1) is 11.7. The summed E-state index contributed by atoms with van der Waals surface area (Å²) >= 11 is 0. The quantitative estimate of drug-likeness (QED) is 0.787. The van der Waals surface area contributed by atoms with Crippen molar-refractivity contribution in [2.24, 2.45) is 0 Å². The number of rotatable bonds is 2. The molecule has 122 valence electrons. The van der Waals surface area contributed by atoms with Gasteiger partial charge in [0.1, 0.15) is 11.9 Å². The van der Waals surface area contributed by atoms with Gasteiger partial charge in [0.05, 0.1) is 18.7 Å². The second-order valence-corrected chi connectivity index (χ2v) is 5.92. The number of aryl methyl sites for hydroxylation is 1. The van der Waals surface area contributed by atoms with Gasteiger partial charge in [-0.3, -0.25) is 9.78 Å². The maximum Gasteiger partial charge on any atom is 0.255 e. The number of hydrogen-bond acceptors (Lipinski definition) is 4. The Hall–Kier alpha value is -2.73. The average molecular weight is 322 g/mol. The van der Waals surface area contributed by atoms with Gasteiger partial charge >= 0.3 is 0 Å². The molecule has 6 heteroatoms. The summed E-state index contributed by atoms with van der Waals surface area (Å²) < 4.78 is 5.58. The topological polar surface area (TPSA) is 71.1 Å². The van der Waals surface area contributed by atoms with Crippen molar-refractivity contribution < 1.29 is 9.53 Å². The molecule has 0 spiro atoms. The van der Waals surface area contributed by atoms with Gasteiger partial charge in [0.25, 0.3) is 5.91 Å². The summed E-state index contributed by atoms with van der Waals surface area (Å²) in [6, 6.07) is 9.22. The van der Waals surface area contributed by atoms with Crippen molar-refractivity contribution in [1.82, 2.24) is 19.9 Å². The number of carbonyl (C=O) groups excluding carboxylic acids is 1. The summed E-state index contributed by atoms with van der Waals surface area (Å²) in [6.45, 7) is 3.47. The number of benzene rings is 1. The van der Waals surface area contributed by atoms with Crippen molar-refractivity contribution in [2.75, 3.05) is 19.8 Å². The Labute approximate surface area is 139 Å². The van der Waals surface area contributed by atoms with E-state index in [1.807, 2.05) is 42.2 Å². The molecule has 4 rings (SSSR count). The van der Waals surface area contributed by atoms with Crippen LogP contribution in [0, 0.1) is 6.92 Å². The molecule has 2 aromatic heterocycles. The zero-order valence-corrected chi connectivity index (χ0v) is 13.4. The molecule has 1 saturated heterocycles. The van der Waals surface area contributed by atoms with Crippen LogP contribution in [0.25, 0.3) is 10.9 Å². The fourth-order valence-corrected chi connectivity index (χ4v) is 3.12. The highest BCUT2D eigenvalue weighted by Crippen LogP contribution is 2.26. The van der Waals surface area contributed by atoms with Gasteiger partial charge in [-0.2, -0.15) is 0 Å². The van der Waals surface area contributed by atoms with Crippen molar-refractivity contribution in [1.29, 1.82) is 0 Å². The minimum absolute atomic E-state index is 0.0176. The number of pyridine rings is 1. The molecule has 6 nitrogen and oxygen atoms in total. The summed E-state index contributed by atoms with van der Waals surface area (Å²) in [7, 11) is 0. The van der Waals surface area contributed by atoms with Crippen LogP contribution in [0.1, 0.15) is 27.9 Å². The molecule has 3 aromatic rings. The van der Waals surface area contributed by atoms with Crippen LogP contribution in [0.2, 0.25) is 0 Å². The molecule has 0 unspecified atom stereocenters. The number of morpholine rings is 1. The molecule has 1 aliphatic rings. The third-order valence-corrected chi connectivity index (χ3v) is 4.30. The van der Waals surface area contributed by atoms with Crippen molar-refractivity contribution in [3.8, 4) is 0 Å². The lowest BCUT2D eigenvalue weighted by atomic mass is 10.1. The van der Waals surface area contributed by atoms with Crippen LogP contribution in [0.5, 0.6) is 0 Å². The number of ether oxygens (including phenoxy) is 1. The second kappa shape index (κ2) is 6.05. The molecule has 1 fully saturated rings. The smallest absolute Gasteiger partial charge is 0.255 e. The molecule has 0 saturated carbocycles. The zero-order valence-electron chi connectivity index (χ0n) is 13.4. The fourth-order valence-electron chi connectivity index (χ4n) is 3.12. The van der Waals surface area contributed by atoms with Crippen molar-refractivity contribution >= 4 is 16.8 Å². The van der Waals surface area contributed by atoms with E-state index in [1.165, 1.54) is 0 Å². The Morgan fingerprint density at radius 2 is 2.21 bits per heavy atom. The third-order valence-electron chi connectivity index (χ3n) is 4.30. The van der Waals surface area contributed by atoms with Crippen LogP contribution in [0.15, 0.2) is 42.7 Å². The van der Waals surface area contributed by atoms with Gasteiger partial charge < -0.3 is 14.6 Å². The standard InChI is InChI=1S/C18H18N4O2/c1-12-10-20-17(21-12)16-11-24-9-8-22(16)18(23)14-4-2-6-15-13(14)5-3-7-19-15/h2-7,10,16H,8-9,11H2,1H3,(H,20,21)/t16-/m0/s1. The minimum Gasteiger partial charge on any atom is -0.377 e. The monoisotopic (exact) mass is 322 g/mol. The molecule has 1 aromatic carbocycles. The predicted octanol–water partition coefficient (Wildman–Crippen LogP) is 2.48. The summed E-state index contributed by atoms with van der Waals surface area (Å²) in [5.41, 5.74) is 2.45. The maximum atomic E-state index is 13.2. The maximum absolute atomic E-state index is 13.2. The van der Waals surface area contributed by atoms with Crippen LogP contribution in [0.3, 0.4) is 0 Å². The largest absolute Gasteiger partial charge is 0.377 e. The third kappa shape index (κ3) is 2.55. The van der Waals surface area contributed by atoms with Gasteiger partial charge in [-0.15, -0.1) is 0 Å². The number of amides is 1. The number of nitrogens with one attached hydrogen (secondary N) is 1. The average Bonchev–Trinajstić information content (AvgIpc) is 3.07. The Kier molecular flexibility index (Phi) is 3.74. The highest BCUT2D eigenvalue weighted by Gasteiger charge is 2.31. The van der Waals surface area contributed by atoms with E-state index < -0.39 is 0 Å². The number of aromatic nitrogens is 3. The van der Waals surface area contributed by atoms with E-state index in [1.54, 1.807) is 12.4 Å². The molecule has 0 aliphatic carbocycles. The summed E-state index contributed by atoms with van der Waals surface area (Å²) in [5, 5.41) is 0.867. The fraction of sp³-hybridized carbons (Fsp3) is 0.278. The van der Waals surface area contributed by atoms with E-state index in [0.717, 1.165) is 22.4 Å². The highest BCUT2D eigenvalue weighted by atomic mass is 16.5. The number of nitrogens with zero attached hydrogens (tertiary/aromatic N) is 3. The van der Waals surface area contributed by atoms with Crippen LogP contribution in [-0.2, 0) is 4.74 Å². The van der Waals surface area contributed by atoms with Crippen molar-refractivity contribution in [3.05, 3.63) is 59.8 Å². The number of hydrogen-bond donors (Lipinski definition) is 1. The normalized spacial score (nSPS) is 18.0. The molecule has 0 radical (unpaired) electrons. The Bertz CT molecular complexity index is 884. The predicted molar refractivity (Wildman–Crippen MR) is 89.7 cm³/mol. The van der Waals surface area contributed by atoms with Gasteiger partial charge in [0, 0.05) is 35.6 Å². The zero-order chi connectivity index (χ0) is 16.5. The minimum atomic E-state index is -0.202. The summed E-state index contributed by atoms with van der Waals surface area (Å²) in [5.74, 6) is 0.745. The Morgan fingerprint density at radius 1 is 1.29 bits per heavy atom. The lowest BCUT2D eigenvalue weighted by Crippen LogP contribution is -2.44. The molecule has 1 N–H and O–H groups in total. The van der Waals surface area contributed by atoms with E-state index in [9.17, 15) is 4.79 Å². The number of fused-ring (bicyclic) bond motifs is 1. The molecular weight excluding hydrogens is 304 g/mol. The summed E-state index contributed by atoms with van der Waals surface area (Å²) in [4.78, 5) is 27.0. The number of aromatic amines is 1. The number of carbonyl (C=O) groups is 1. The summed E-state index contributed by atoms with van der Waals surface area (Å²) in [6.07, 6.45) is 3.51. The molecule has 0 bridgehead atoms. The van der Waals surface area contributed by atoms with E-state index in [-0.39, 0.29) is 11.9 Å². The molecule has 1 aliphatic heterocycles. The van der Waals surface area contributed by atoms with Crippen LogP contribution in [-0.4, -0.2) is 45.5 Å². The van der Waals surface area contributed by atoms with E-state index in [2.05, 4.69) is 15.0 Å². The first-order valence-corrected chi connectivity index (χ1v) is 7.98. The van der Waals surface area contributed by atoms with Gasteiger partial charge in [0.2, 0.25) is 0 Å². The lowest BCUT2D eigenvalue weighted by molar-refractivity contribution is -0.00490. The SMILES string of the molecule is Cc1cnc([C@@H]2COCCN2C(=O)c2cccc3ncccc23)[nH]1. The van der Waals surface area contributed by atoms with Crippen LogP contribution < -0.4 is 0 Å². The molecule has 1 atom stereocenters. The van der Waals surface area contributed by atoms with Gasteiger partial charge in [0.15, 0.2) is 0 Å². The number of H-pyrrole nitrogens is 1. The van der Waals surface area contributed by atoms with Crippen molar-refractivity contribution in [2.45, 2.75) is 13.0 Å². The number of imidazole rings is 1. The lowest BCUT2D eigenvalue weighted by Gasteiger charge is -2.34. The molecule has 24 heavy (non-hydrogen) atoms. The van der Waals surface area contributed by atoms with Gasteiger partial charge in [-0.25, -0.2) is 4.98 Å². The van der Waals surface area contributed by atoms with Crippen LogP contribution in [0.4, 0.5) is 0 Å². The Morgan fingerprint density at radius 3 is 3.04 bits per heavy atom. The first-order valence-electron chi connectivity index (χ1n) is 7.98. The first kappa shape index (κ1) is 14.8. The molecule has 1 amide bonds. The van der Waals surface area contributed by atoms with Gasteiger partial charge in [-0.05, 0) is 25.1 Å². The van der Waals surface area contributed by atoms with Crippen LogP contribution >= 0.6 is 0 Å². The molecule has 3 heterocycles. The second-order valence-electron chi connectivity index (χ2n) is 5.92. The van der Waals surface area contributed by atoms with E-state index >= 15 is 0 Å². The molecular formula is C18H18N4O2. The Balaban J connectivity index is 1.73. The van der Waals surface area contributed by atoms with E-state index in [4.69, 9.17) is 4.74 Å². The van der Waals surface area contributed by atoms with E-state index in [0.29, 0.717) is 25.3 Å². The highest BCUT2D eigenvalue weighted by molar-refractivity contribution is 6.06. The van der Waals surface area contributed by atoms with Crippen molar-refractivity contribution in [3.63, 3.8) is 0 Å².